The van der Waals surface area contributed by atoms with Crippen molar-refractivity contribution in [3.8, 4) is 0 Å². The van der Waals surface area contributed by atoms with Gasteiger partial charge in [0, 0.05) is 36.0 Å². The van der Waals surface area contributed by atoms with E-state index in [-0.39, 0.29) is 35.5 Å². The van der Waals surface area contributed by atoms with Gasteiger partial charge in [-0.05, 0) is 39.0 Å². The molecule has 0 unspecified atom stereocenters. The minimum atomic E-state index is -0.0415. The van der Waals surface area contributed by atoms with Crippen LogP contribution in [0.25, 0.3) is 0 Å². The molecular weight excluding hydrogens is 295 g/mol. The van der Waals surface area contributed by atoms with Gasteiger partial charge in [0.25, 0.3) is 0 Å². The van der Waals surface area contributed by atoms with Crippen LogP contribution in [-0.2, 0) is 9.53 Å². The van der Waals surface area contributed by atoms with Crippen LogP contribution in [0.2, 0.25) is 0 Å². The first-order chi connectivity index (χ1) is 10.8. The van der Waals surface area contributed by atoms with Crippen molar-refractivity contribution in [1.82, 2.24) is 0 Å². The quantitative estimate of drug-likeness (QED) is 0.145. The van der Waals surface area contributed by atoms with Gasteiger partial charge in [-0.15, -0.1) is 0 Å². The van der Waals surface area contributed by atoms with E-state index in [0.717, 1.165) is 12.8 Å². The van der Waals surface area contributed by atoms with Crippen LogP contribution in [0.15, 0.2) is 12.2 Å². The Kier molecular flexibility index (Phi) is 24.6. The second-order valence-electron chi connectivity index (χ2n) is 6.14. The Bertz CT molecular complexity index is 264. The smallest absolute Gasteiger partial charge is 0.305 e. The number of allylic oxidation sites excluding steroid dienone is 2. The zero-order valence-corrected chi connectivity index (χ0v) is 18.1. The summed E-state index contributed by atoms with van der Waals surface area (Å²) in [6, 6.07) is 0. The van der Waals surface area contributed by atoms with Gasteiger partial charge < -0.3 is 4.74 Å². The van der Waals surface area contributed by atoms with E-state index in [1.54, 1.807) is 0 Å². The SMILES string of the molecule is CCCCCCCC/C=C\CCCCCCCC(=O)OCC.[Na]. The number of esters is 1. The van der Waals surface area contributed by atoms with Crippen LogP contribution in [0.3, 0.4) is 0 Å². The maximum Gasteiger partial charge on any atom is 0.305 e. The average molecular weight is 334 g/mol. The van der Waals surface area contributed by atoms with E-state index in [1.165, 1.54) is 70.6 Å². The fourth-order valence-electron chi connectivity index (χ4n) is 2.57. The van der Waals surface area contributed by atoms with Crippen LogP contribution >= 0.6 is 0 Å². The second-order valence-corrected chi connectivity index (χ2v) is 6.14. The number of unbranched alkanes of at least 4 members (excludes halogenated alkanes) is 11. The number of hydrogen-bond donors (Lipinski definition) is 0. The molecule has 131 valence electrons. The molecule has 0 bridgehead atoms. The molecular formula is C20H38NaO2. The van der Waals surface area contributed by atoms with Crippen LogP contribution in [0.4, 0.5) is 0 Å². The molecule has 0 aliphatic heterocycles. The first-order valence-corrected chi connectivity index (χ1v) is 9.61. The summed E-state index contributed by atoms with van der Waals surface area (Å²) in [7, 11) is 0. The predicted octanol–water partition coefficient (Wildman–Crippen LogP) is 6.21. The van der Waals surface area contributed by atoms with E-state index in [9.17, 15) is 4.79 Å². The van der Waals surface area contributed by atoms with Crippen molar-refractivity contribution in [2.75, 3.05) is 6.61 Å². The molecule has 0 aliphatic carbocycles. The van der Waals surface area contributed by atoms with Crippen LogP contribution in [0, 0.1) is 0 Å². The van der Waals surface area contributed by atoms with Crippen molar-refractivity contribution in [3.63, 3.8) is 0 Å². The van der Waals surface area contributed by atoms with Crippen molar-refractivity contribution in [2.24, 2.45) is 0 Å². The molecule has 0 aromatic heterocycles. The fraction of sp³-hybridized carbons (Fsp3) is 0.850. The third kappa shape index (κ3) is 22.2. The van der Waals surface area contributed by atoms with Crippen LogP contribution in [-0.4, -0.2) is 42.1 Å². The standard InChI is InChI=1S/C20H38O2.Na/c1-3-5-6-7-8-9-10-11-12-13-14-15-16-17-18-19-20(21)22-4-2;/h11-12H,3-10,13-19H2,1-2H3;/b12-11-;. The molecule has 0 rings (SSSR count). The van der Waals surface area contributed by atoms with E-state index in [0.29, 0.717) is 13.0 Å². The summed E-state index contributed by atoms with van der Waals surface area (Å²) >= 11 is 0. The Morgan fingerprint density at radius 3 is 1.74 bits per heavy atom. The summed E-state index contributed by atoms with van der Waals surface area (Å²) in [6.07, 6.45) is 22.0. The number of hydrogen-bond acceptors (Lipinski definition) is 2. The first-order valence-electron chi connectivity index (χ1n) is 9.61. The van der Waals surface area contributed by atoms with Gasteiger partial charge in [-0.3, -0.25) is 4.79 Å². The monoisotopic (exact) mass is 333 g/mol. The largest absolute Gasteiger partial charge is 0.466 e. The zero-order valence-electron chi connectivity index (χ0n) is 16.1. The molecule has 0 aliphatic rings. The normalized spacial score (nSPS) is 10.7. The molecule has 0 aromatic rings. The summed E-state index contributed by atoms with van der Waals surface area (Å²) in [5, 5.41) is 0. The van der Waals surface area contributed by atoms with Gasteiger partial charge in [0.15, 0.2) is 0 Å². The zero-order chi connectivity index (χ0) is 16.3. The molecule has 0 N–H and O–H groups in total. The van der Waals surface area contributed by atoms with Crippen molar-refractivity contribution in [3.05, 3.63) is 12.2 Å². The summed E-state index contributed by atoms with van der Waals surface area (Å²) < 4.78 is 4.91. The molecule has 1 radical (unpaired) electrons. The van der Waals surface area contributed by atoms with Crippen molar-refractivity contribution in [2.45, 2.75) is 104 Å². The molecule has 0 atom stereocenters. The number of rotatable bonds is 16. The van der Waals surface area contributed by atoms with Crippen LogP contribution in [0.5, 0.6) is 0 Å². The Morgan fingerprint density at radius 2 is 1.22 bits per heavy atom. The summed E-state index contributed by atoms with van der Waals surface area (Å²) in [4.78, 5) is 11.1. The molecule has 0 saturated carbocycles. The second kappa shape index (κ2) is 22.2. The number of ether oxygens (including phenoxy) is 1. The van der Waals surface area contributed by atoms with E-state index in [4.69, 9.17) is 4.74 Å². The predicted molar refractivity (Wildman–Crippen MR) is 102 cm³/mol. The number of carbonyl (C=O) groups is 1. The maximum atomic E-state index is 11.1. The van der Waals surface area contributed by atoms with Gasteiger partial charge >= 0.3 is 5.97 Å². The summed E-state index contributed by atoms with van der Waals surface area (Å²) in [6.45, 7) is 4.63. The van der Waals surface area contributed by atoms with Crippen molar-refractivity contribution >= 4 is 35.5 Å². The van der Waals surface area contributed by atoms with Gasteiger partial charge in [-0.1, -0.05) is 70.4 Å². The van der Waals surface area contributed by atoms with Gasteiger partial charge in [-0.25, -0.2) is 0 Å². The number of carbonyl (C=O) groups excluding carboxylic acids is 1. The molecule has 0 amide bonds. The topological polar surface area (TPSA) is 26.3 Å². The van der Waals surface area contributed by atoms with Crippen LogP contribution < -0.4 is 0 Å². The van der Waals surface area contributed by atoms with E-state index in [2.05, 4.69) is 19.1 Å². The molecule has 0 aromatic carbocycles. The molecule has 23 heavy (non-hydrogen) atoms. The van der Waals surface area contributed by atoms with Crippen molar-refractivity contribution < 1.29 is 9.53 Å². The van der Waals surface area contributed by atoms with Gasteiger partial charge in [0.2, 0.25) is 0 Å². The molecule has 2 nitrogen and oxygen atoms in total. The fourth-order valence-corrected chi connectivity index (χ4v) is 2.57. The minimum absolute atomic E-state index is 0. The Labute approximate surface area is 167 Å². The summed E-state index contributed by atoms with van der Waals surface area (Å²) in [5.41, 5.74) is 0. The molecule has 0 heterocycles. The third-order valence-corrected chi connectivity index (χ3v) is 3.95. The Balaban J connectivity index is 0. The molecule has 0 spiro atoms. The van der Waals surface area contributed by atoms with E-state index < -0.39 is 0 Å². The first kappa shape index (κ1) is 25.5. The van der Waals surface area contributed by atoms with Crippen LogP contribution in [0.1, 0.15) is 104 Å². The van der Waals surface area contributed by atoms with Gasteiger partial charge in [0.05, 0.1) is 6.61 Å². The summed E-state index contributed by atoms with van der Waals surface area (Å²) in [5.74, 6) is -0.0415. The van der Waals surface area contributed by atoms with Gasteiger partial charge in [0.1, 0.15) is 0 Å². The average Bonchev–Trinajstić information content (AvgIpc) is 2.51. The third-order valence-electron chi connectivity index (χ3n) is 3.95. The van der Waals surface area contributed by atoms with E-state index >= 15 is 0 Å². The van der Waals surface area contributed by atoms with Gasteiger partial charge in [-0.2, -0.15) is 0 Å². The molecule has 0 saturated heterocycles. The molecule has 0 fully saturated rings. The van der Waals surface area contributed by atoms with Crippen molar-refractivity contribution in [1.29, 1.82) is 0 Å². The maximum absolute atomic E-state index is 11.1. The van der Waals surface area contributed by atoms with E-state index in [1.807, 2.05) is 6.92 Å². The molecule has 3 heteroatoms. The Morgan fingerprint density at radius 1 is 0.739 bits per heavy atom. The minimum Gasteiger partial charge on any atom is -0.466 e. The Hall–Kier alpha value is 0.210.